The van der Waals surface area contributed by atoms with Gasteiger partial charge in [-0.15, -0.1) is 5.10 Å². The molecule has 0 radical (unpaired) electrons. The number of carboxylic acids is 1. The number of aromatic nitrogens is 4. The summed E-state index contributed by atoms with van der Waals surface area (Å²) in [6.07, 6.45) is 1.98. The molecule has 0 aliphatic rings. The van der Waals surface area contributed by atoms with E-state index in [1.807, 2.05) is 69.3 Å². The zero-order valence-corrected chi connectivity index (χ0v) is 18.7. The third-order valence-corrected chi connectivity index (χ3v) is 5.43. The number of tetrazole rings is 1. The van der Waals surface area contributed by atoms with Crippen LogP contribution in [0.3, 0.4) is 0 Å². The van der Waals surface area contributed by atoms with E-state index in [4.69, 9.17) is 0 Å². The van der Waals surface area contributed by atoms with Crippen LogP contribution < -0.4 is 0 Å². The average molecular weight is 478 g/mol. The number of amides is 1. The Bertz CT molecular complexity index is 1040. The van der Waals surface area contributed by atoms with E-state index in [9.17, 15) is 14.7 Å². The number of hydrogen-bond donors (Lipinski definition) is 2. The average Bonchev–Trinajstić information content (AvgIpc) is 3.32. The van der Waals surface area contributed by atoms with Gasteiger partial charge in [-0.3, -0.25) is 4.79 Å². The molecule has 0 spiro atoms. The quantitative estimate of drug-likeness (QED) is 0.434. The summed E-state index contributed by atoms with van der Waals surface area (Å²) in [4.78, 5) is 26.3. The van der Waals surface area contributed by atoms with Gasteiger partial charge < -0.3 is 10.0 Å². The summed E-state index contributed by atoms with van der Waals surface area (Å²) in [6.45, 7) is 5.93. The van der Waals surface area contributed by atoms with E-state index >= 15 is 0 Å². The van der Waals surface area contributed by atoms with Crippen LogP contribution in [0, 0.1) is 5.92 Å². The van der Waals surface area contributed by atoms with Crippen molar-refractivity contribution >= 4 is 49.6 Å². The molecular weight excluding hydrogens is 446 g/mol. The van der Waals surface area contributed by atoms with E-state index in [1.165, 1.54) is 4.90 Å². The first-order chi connectivity index (χ1) is 15.4. The second kappa shape index (κ2) is 12.8. The molecule has 1 heterocycles. The number of aromatic amines is 1. The Morgan fingerprint density at radius 1 is 1.06 bits per heavy atom. The molecule has 3 aromatic rings. The van der Waals surface area contributed by atoms with Gasteiger partial charge in [0.15, 0.2) is 5.82 Å². The zero-order valence-electron chi connectivity index (χ0n) is 18.7. The number of carboxylic acid groups (broad SMARTS) is 1. The number of nitrogens with zero attached hydrogens (tertiary/aromatic N) is 4. The first-order valence-electron chi connectivity index (χ1n) is 10.9. The third kappa shape index (κ3) is 6.85. The van der Waals surface area contributed by atoms with Gasteiger partial charge in [0.2, 0.25) is 5.91 Å². The number of carbonyl (C=O) groups excluding carboxylic acids is 1. The maximum absolute atomic E-state index is 12.9. The number of carbonyl (C=O) groups is 2. The monoisotopic (exact) mass is 477 g/mol. The summed E-state index contributed by atoms with van der Waals surface area (Å²) in [7, 11) is 0. The van der Waals surface area contributed by atoms with Gasteiger partial charge in [-0.05, 0) is 39.5 Å². The molecule has 1 atom stereocenters. The first kappa shape index (κ1) is 27.0. The molecule has 0 saturated carbocycles. The summed E-state index contributed by atoms with van der Waals surface area (Å²) < 4.78 is 0. The van der Waals surface area contributed by atoms with Crippen LogP contribution in [-0.2, 0) is 16.1 Å². The molecule has 0 saturated heterocycles. The Kier molecular flexibility index (Phi) is 10.5. The Balaban J connectivity index is 0.00000385. The van der Waals surface area contributed by atoms with Gasteiger partial charge in [0, 0.05) is 18.5 Å². The Labute approximate surface area is 223 Å². The number of aliphatic carboxylic acids is 1. The van der Waals surface area contributed by atoms with Crippen molar-refractivity contribution in [1.82, 2.24) is 25.5 Å². The molecule has 9 heteroatoms. The van der Waals surface area contributed by atoms with Gasteiger partial charge >= 0.3 is 43.7 Å². The molecule has 0 aliphatic carbocycles. The molecule has 0 unspecified atom stereocenters. The van der Waals surface area contributed by atoms with Crippen LogP contribution >= 0.6 is 0 Å². The van der Waals surface area contributed by atoms with E-state index in [2.05, 4.69) is 20.6 Å². The molecule has 8 nitrogen and oxygen atoms in total. The summed E-state index contributed by atoms with van der Waals surface area (Å²) in [5.41, 5.74) is 3.71. The number of rotatable bonds is 10. The predicted molar refractivity (Wildman–Crippen MR) is 130 cm³/mol. The number of benzene rings is 2. The van der Waals surface area contributed by atoms with Gasteiger partial charge in [-0.2, -0.15) is 0 Å². The standard InChI is InChI=1S/C24H29N5O3.Ca.2H/c1-4-5-10-21(30)29(22(16(2)3)24(31)32)15-17-11-13-18(14-12-17)19-8-6-7-9-20(19)23-25-27-28-26-23;;;/h6-9,11-14,16,22H,4-5,10,15H2,1-3H3,(H,31,32)(H,25,26,27,28);;;/t22-;;;/m0.../s1. The van der Waals surface area contributed by atoms with Crippen molar-refractivity contribution < 1.29 is 14.7 Å². The van der Waals surface area contributed by atoms with Crippen LogP contribution in [0.25, 0.3) is 22.5 Å². The number of hydrogen-bond acceptors (Lipinski definition) is 5. The van der Waals surface area contributed by atoms with Gasteiger partial charge in [-0.25, -0.2) is 9.89 Å². The molecular formula is C24H31CaN5O3. The van der Waals surface area contributed by atoms with Crippen LogP contribution in [0.15, 0.2) is 48.5 Å². The number of nitrogens with one attached hydrogen (secondary N) is 1. The minimum atomic E-state index is -0.976. The molecule has 172 valence electrons. The van der Waals surface area contributed by atoms with Crippen molar-refractivity contribution in [3.8, 4) is 22.5 Å². The van der Waals surface area contributed by atoms with E-state index in [1.54, 1.807) is 0 Å². The summed E-state index contributed by atoms with van der Waals surface area (Å²) in [5, 5.41) is 23.9. The normalized spacial score (nSPS) is 11.6. The second-order valence-electron chi connectivity index (χ2n) is 8.14. The molecule has 0 aliphatic heterocycles. The first-order valence-corrected chi connectivity index (χ1v) is 10.9. The number of unbranched alkanes of at least 4 members (excludes halogenated alkanes) is 1. The van der Waals surface area contributed by atoms with Crippen molar-refractivity contribution in [2.75, 3.05) is 0 Å². The summed E-state index contributed by atoms with van der Waals surface area (Å²) >= 11 is 0. The maximum atomic E-state index is 12.9. The topological polar surface area (TPSA) is 112 Å². The van der Waals surface area contributed by atoms with Crippen LogP contribution in [0.4, 0.5) is 0 Å². The van der Waals surface area contributed by atoms with Crippen LogP contribution in [0.5, 0.6) is 0 Å². The fourth-order valence-electron chi connectivity index (χ4n) is 3.79. The van der Waals surface area contributed by atoms with Crippen molar-refractivity contribution in [2.45, 2.75) is 52.6 Å². The van der Waals surface area contributed by atoms with E-state index in [0.717, 1.165) is 35.1 Å². The van der Waals surface area contributed by atoms with Gasteiger partial charge in [-0.1, -0.05) is 75.7 Å². The van der Waals surface area contributed by atoms with Crippen molar-refractivity contribution in [3.05, 3.63) is 54.1 Å². The summed E-state index contributed by atoms with van der Waals surface area (Å²) in [6, 6.07) is 14.8. The SMILES string of the molecule is CCCCC(=O)N(Cc1ccc(-c2ccccc2-c2nnn[nH]2)cc1)[C@H](C(=O)O)C(C)C.[CaH2]. The molecule has 3 rings (SSSR count). The van der Waals surface area contributed by atoms with Crippen molar-refractivity contribution in [3.63, 3.8) is 0 Å². The van der Waals surface area contributed by atoms with E-state index in [0.29, 0.717) is 12.2 Å². The molecule has 1 aromatic heterocycles. The predicted octanol–water partition coefficient (Wildman–Crippen LogP) is 3.25. The van der Waals surface area contributed by atoms with Crippen molar-refractivity contribution in [1.29, 1.82) is 0 Å². The molecule has 33 heavy (non-hydrogen) atoms. The summed E-state index contributed by atoms with van der Waals surface area (Å²) in [5.74, 6) is -0.713. The molecule has 1 amide bonds. The van der Waals surface area contributed by atoms with Gasteiger partial charge in [0.05, 0.1) is 0 Å². The Morgan fingerprint density at radius 2 is 1.73 bits per heavy atom. The van der Waals surface area contributed by atoms with Gasteiger partial charge in [0.25, 0.3) is 0 Å². The van der Waals surface area contributed by atoms with Crippen molar-refractivity contribution in [2.24, 2.45) is 5.92 Å². The fourth-order valence-corrected chi connectivity index (χ4v) is 3.79. The van der Waals surface area contributed by atoms with Crippen LogP contribution in [-0.4, -0.2) is 86.3 Å². The van der Waals surface area contributed by atoms with Crippen LogP contribution in [0.1, 0.15) is 45.6 Å². The molecule has 0 fully saturated rings. The zero-order chi connectivity index (χ0) is 23.1. The minimum absolute atomic E-state index is 0. The second-order valence-corrected chi connectivity index (χ2v) is 8.14. The number of H-pyrrole nitrogens is 1. The fraction of sp³-hybridized carbons (Fsp3) is 0.375. The molecule has 2 aromatic carbocycles. The molecule has 0 bridgehead atoms. The van der Waals surface area contributed by atoms with Crippen LogP contribution in [0.2, 0.25) is 0 Å². The van der Waals surface area contributed by atoms with Gasteiger partial charge in [0.1, 0.15) is 6.04 Å². The third-order valence-electron chi connectivity index (χ3n) is 5.43. The van der Waals surface area contributed by atoms with E-state index in [-0.39, 0.29) is 56.1 Å². The Hall–Kier alpha value is -2.29. The molecule has 2 N–H and O–H groups in total. The Morgan fingerprint density at radius 3 is 2.27 bits per heavy atom. The van der Waals surface area contributed by atoms with E-state index < -0.39 is 12.0 Å².